The van der Waals surface area contributed by atoms with Gasteiger partial charge in [0.2, 0.25) is 5.76 Å². The Hall–Kier alpha value is -4.35. The number of aromatic carboxylic acids is 1. The highest BCUT2D eigenvalue weighted by Gasteiger charge is 2.30. The van der Waals surface area contributed by atoms with Gasteiger partial charge in [0.15, 0.2) is 11.2 Å². The van der Waals surface area contributed by atoms with E-state index in [1.807, 2.05) is 13.0 Å². The molecule has 11 heteroatoms. The first-order chi connectivity index (χ1) is 22.5. The van der Waals surface area contributed by atoms with Crippen LogP contribution in [0, 0.1) is 0 Å². The predicted octanol–water partition coefficient (Wildman–Crippen LogP) is 4.98. The summed E-state index contributed by atoms with van der Waals surface area (Å²) in [6.07, 6.45) is 13.6. The molecule has 0 aliphatic heterocycles. The Balaban J connectivity index is 1.66. The number of thiocarbonyl (C=S) groups is 1. The van der Waals surface area contributed by atoms with Crippen molar-refractivity contribution in [3.05, 3.63) is 79.7 Å². The van der Waals surface area contributed by atoms with Crippen LogP contribution in [0.3, 0.4) is 0 Å². The topological polar surface area (TPSA) is 172 Å². The minimum absolute atomic E-state index is 0.0155. The van der Waals surface area contributed by atoms with Crippen LogP contribution in [0.4, 0.5) is 0 Å². The first-order valence-corrected chi connectivity index (χ1v) is 16.2. The lowest BCUT2D eigenvalue weighted by atomic mass is 9.88. The van der Waals surface area contributed by atoms with Gasteiger partial charge in [0, 0.05) is 29.2 Å². The fourth-order valence-corrected chi connectivity index (χ4v) is 5.61. The van der Waals surface area contributed by atoms with Gasteiger partial charge < -0.3 is 29.6 Å². The molecule has 1 aromatic heterocycles. The number of fused-ring (bicyclic) bond motifs is 1. The third kappa shape index (κ3) is 10.3. The van der Waals surface area contributed by atoms with Crippen LogP contribution in [0.15, 0.2) is 45.6 Å². The summed E-state index contributed by atoms with van der Waals surface area (Å²) in [6.45, 7) is 3.86. The van der Waals surface area contributed by atoms with Crippen molar-refractivity contribution in [2.45, 2.75) is 90.1 Å². The van der Waals surface area contributed by atoms with Gasteiger partial charge in [-0.25, -0.2) is 4.79 Å². The molecule has 4 N–H and O–H groups in total. The van der Waals surface area contributed by atoms with Crippen molar-refractivity contribution in [3.63, 3.8) is 0 Å². The van der Waals surface area contributed by atoms with Crippen molar-refractivity contribution in [2.24, 2.45) is 0 Å². The number of aromatic hydroxyl groups is 1. The molecule has 1 aliphatic rings. The first-order valence-electron chi connectivity index (χ1n) is 15.8. The molecule has 0 radical (unpaired) electrons. The van der Waals surface area contributed by atoms with Gasteiger partial charge in [0.25, 0.3) is 0 Å². The second-order valence-electron chi connectivity index (χ2n) is 11.4. The summed E-state index contributed by atoms with van der Waals surface area (Å²) in [4.78, 5) is 49.0. The van der Waals surface area contributed by atoms with E-state index in [1.165, 1.54) is 13.0 Å². The lowest BCUT2D eigenvalue weighted by molar-refractivity contribution is -0.137. The smallest absolute Gasteiger partial charge is 0.372 e. The molecule has 1 aromatic carbocycles. The highest BCUT2D eigenvalue weighted by Crippen LogP contribution is 2.33. The molecule has 0 bridgehead atoms. The van der Waals surface area contributed by atoms with Gasteiger partial charge >= 0.3 is 11.9 Å². The number of carboxylic acids is 2. The van der Waals surface area contributed by atoms with Crippen molar-refractivity contribution in [1.82, 2.24) is 0 Å². The van der Waals surface area contributed by atoms with E-state index in [2.05, 4.69) is 0 Å². The van der Waals surface area contributed by atoms with E-state index >= 15 is 0 Å². The number of benzene rings is 1. The molecule has 0 amide bonds. The van der Waals surface area contributed by atoms with E-state index in [9.17, 15) is 34.5 Å². The van der Waals surface area contributed by atoms with Crippen LogP contribution in [0.1, 0.15) is 110 Å². The van der Waals surface area contributed by atoms with Gasteiger partial charge in [-0.15, -0.1) is 0 Å². The Kier molecular flexibility index (Phi) is 14.3. The number of allylic oxidation sites excluding steroid dienone is 3. The lowest BCUT2D eigenvalue weighted by Crippen LogP contribution is -2.45. The molecule has 0 saturated carbocycles. The maximum atomic E-state index is 13.5. The maximum absolute atomic E-state index is 13.5. The summed E-state index contributed by atoms with van der Waals surface area (Å²) in [6, 6.07) is 3.31. The molecular weight excluding hydrogens is 624 g/mol. The third-order valence-corrected chi connectivity index (χ3v) is 8.09. The van der Waals surface area contributed by atoms with Crippen molar-refractivity contribution < 1.29 is 44.0 Å². The summed E-state index contributed by atoms with van der Waals surface area (Å²) in [7, 11) is 0. The van der Waals surface area contributed by atoms with Crippen molar-refractivity contribution in [1.29, 1.82) is 0 Å². The fraction of sp³-hybridized carbons (Fsp3) is 0.417. The van der Waals surface area contributed by atoms with E-state index in [0.717, 1.165) is 32.1 Å². The SMILES string of the molecule is CCCc1c(OCCCCC/C=C\C=C\[C@@H](c2c(C(=O)O)oc3c(c2=O)=CCC(=S)C=3)[C@H](O)CCCC(=O)O)ccc(C(C)=O)c1O. The summed E-state index contributed by atoms with van der Waals surface area (Å²) in [5.74, 6) is -3.77. The molecule has 1 heterocycles. The lowest BCUT2D eigenvalue weighted by Gasteiger charge is -2.21. The number of rotatable bonds is 19. The third-order valence-electron chi connectivity index (χ3n) is 7.80. The zero-order valence-electron chi connectivity index (χ0n) is 26.7. The average molecular weight is 667 g/mol. The summed E-state index contributed by atoms with van der Waals surface area (Å²) >= 11 is 5.17. The molecule has 10 nitrogen and oxygen atoms in total. The first kappa shape index (κ1) is 37.1. The summed E-state index contributed by atoms with van der Waals surface area (Å²) < 4.78 is 11.5. The number of Topliss-reactive ketones (excluding diaryl/α,β-unsaturated/α-hetero) is 1. The number of hydrogen-bond acceptors (Lipinski definition) is 9. The number of ether oxygens (including phenoxy) is 1. The average Bonchev–Trinajstić information content (AvgIpc) is 3.01. The number of phenols is 1. The van der Waals surface area contributed by atoms with Crippen LogP contribution in [0.2, 0.25) is 0 Å². The summed E-state index contributed by atoms with van der Waals surface area (Å²) in [5, 5.41) is 40.6. The van der Waals surface area contributed by atoms with Crippen LogP contribution in [0.25, 0.3) is 12.2 Å². The number of carboxylic acid groups (broad SMARTS) is 2. The van der Waals surface area contributed by atoms with Crippen LogP contribution in [-0.4, -0.2) is 55.7 Å². The van der Waals surface area contributed by atoms with E-state index in [4.69, 9.17) is 26.5 Å². The number of aliphatic carboxylic acids is 1. The molecule has 0 spiro atoms. The zero-order valence-corrected chi connectivity index (χ0v) is 27.5. The van der Waals surface area contributed by atoms with E-state index < -0.39 is 35.1 Å². The second-order valence-corrected chi connectivity index (χ2v) is 11.9. The minimum atomic E-state index is -1.47. The van der Waals surface area contributed by atoms with Gasteiger partial charge in [-0.3, -0.25) is 14.4 Å². The number of aliphatic hydroxyl groups is 1. The molecule has 2 atom stereocenters. The standard InChI is InChI=1S/C36H42O10S/c1-3-12-26-29(19-18-24(22(2)37)33(26)41)45-20-10-8-6-4-5-7-9-13-25(28(38)14-11-15-31(39)40)32-34(42)27-17-16-23(47)21-30(27)46-35(32)36(43)44/h5,7,9,13,17-19,21,25,28,38,41H,3-4,6,8,10-12,14-16,20H2,1-2H3,(H,39,40)(H,43,44)/b7-5-,13-9+/t25-,28-/m1/s1. The quantitative estimate of drug-likeness (QED) is 0.0689. The van der Waals surface area contributed by atoms with Gasteiger partial charge in [0.1, 0.15) is 16.9 Å². The van der Waals surface area contributed by atoms with Crippen LogP contribution < -0.4 is 20.8 Å². The molecule has 0 fully saturated rings. The maximum Gasteiger partial charge on any atom is 0.372 e. The van der Waals surface area contributed by atoms with Crippen molar-refractivity contribution >= 4 is 47.0 Å². The van der Waals surface area contributed by atoms with Gasteiger partial charge in [-0.05, 0) is 70.1 Å². The normalized spacial score (nSPS) is 14.0. The number of ketones is 1. The Morgan fingerprint density at radius 1 is 1.11 bits per heavy atom. The zero-order chi connectivity index (χ0) is 34.5. The monoisotopic (exact) mass is 666 g/mol. The number of phenolic OH excluding ortho intramolecular Hbond substituents is 1. The van der Waals surface area contributed by atoms with E-state index in [-0.39, 0.29) is 52.6 Å². The fourth-order valence-electron chi connectivity index (χ4n) is 5.42. The van der Waals surface area contributed by atoms with Crippen LogP contribution >= 0.6 is 12.2 Å². The minimum Gasteiger partial charge on any atom is -0.507 e. The van der Waals surface area contributed by atoms with Gasteiger partial charge in [-0.2, -0.15) is 0 Å². The Bertz CT molecular complexity index is 1720. The van der Waals surface area contributed by atoms with E-state index in [1.54, 1.807) is 36.4 Å². The molecule has 0 unspecified atom stereocenters. The molecule has 0 saturated heterocycles. The molecule has 252 valence electrons. The van der Waals surface area contributed by atoms with E-state index in [0.29, 0.717) is 35.6 Å². The van der Waals surface area contributed by atoms with Crippen molar-refractivity contribution in [3.8, 4) is 11.5 Å². The highest BCUT2D eigenvalue weighted by molar-refractivity contribution is 7.81. The Morgan fingerprint density at radius 2 is 1.87 bits per heavy atom. The molecule has 1 aliphatic carbocycles. The summed E-state index contributed by atoms with van der Waals surface area (Å²) in [5.41, 5.74) is 0.215. The molecule has 47 heavy (non-hydrogen) atoms. The number of hydrogen-bond donors (Lipinski definition) is 4. The number of aliphatic hydroxyl groups excluding tert-OH is 1. The van der Waals surface area contributed by atoms with Crippen LogP contribution in [0.5, 0.6) is 11.5 Å². The highest BCUT2D eigenvalue weighted by atomic mass is 32.1. The number of carbonyl (C=O) groups excluding carboxylic acids is 1. The number of carbonyl (C=O) groups is 3. The van der Waals surface area contributed by atoms with Gasteiger partial charge in [0.05, 0.1) is 29.1 Å². The number of unbranched alkanes of at least 4 members (excludes halogenated alkanes) is 3. The predicted molar refractivity (Wildman–Crippen MR) is 182 cm³/mol. The molecule has 3 rings (SSSR count). The molecule has 2 aromatic rings. The van der Waals surface area contributed by atoms with Gasteiger partial charge in [-0.1, -0.05) is 55.9 Å². The Labute approximate surface area is 278 Å². The van der Waals surface area contributed by atoms with Crippen LogP contribution in [-0.2, 0) is 11.2 Å². The Morgan fingerprint density at radius 3 is 2.55 bits per heavy atom. The molecular formula is C36H42O10S. The largest absolute Gasteiger partial charge is 0.507 e. The second kappa shape index (κ2) is 18.1. The van der Waals surface area contributed by atoms with Crippen molar-refractivity contribution in [2.75, 3.05) is 6.61 Å².